The van der Waals surface area contributed by atoms with Gasteiger partial charge in [0.2, 0.25) is 0 Å². The lowest BCUT2D eigenvalue weighted by atomic mass is 9.71. The Hall–Kier alpha value is -1.16. The molecule has 2 aliphatic rings. The third kappa shape index (κ3) is 3.90. The fourth-order valence-corrected chi connectivity index (χ4v) is 4.35. The maximum absolute atomic E-state index is 13.3. The first-order valence-corrected chi connectivity index (χ1v) is 9.16. The molecule has 0 aromatic carbocycles. The second kappa shape index (κ2) is 7.38. The van der Waals surface area contributed by atoms with Gasteiger partial charge in [-0.05, 0) is 46.5 Å². The Morgan fingerprint density at radius 1 is 1.12 bits per heavy atom. The van der Waals surface area contributed by atoms with Crippen molar-refractivity contribution in [3.63, 3.8) is 0 Å². The standard InChI is InChI=1S/C20H32O4/c1-6-14-12-20(18(22)23-5,13-16(14)24-19(2,3)4)17(21)15-10-8-7-9-11-15/h6,14-16H,1,7-13H2,2-5H3/t14-,16-,20?/m0/s1. The smallest absolute Gasteiger partial charge is 0.319 e. The Bertz CT molecular complexity index is 484. The lowest BCUT2D eigenvalue weighted by molar-refractivity contribution is -0.161. The van der Waals surface area contributed by atoms with Crippen LogP contribution in [0.3, 0.4) is 0 Å². The summed E-state index contributed by atoms with van der Waals surface area (Å²) in [6.07, 6.45) is 7.62. The van der Waals surface area contributed by atoms with E-state index >= 15 is 0 Å². The molecule has 4 heteroatoms. The molecule has 2 fully saturated rings. The number of methoxy groups -OCH3 is 1. The molecule has 2 aliphatic carbocycles. The molecule has 0 saturated heterocycles. The van der Waals surface area contributed by atoms with Gasteiger partial charge in [-0.2, -0.15) is 0 Å². The number of hydrogen-bond acceptors (Lipinski definition) is 4. The Morgan fingerprint density at radius 3 is 2.25 bits per heavy atom. The van der Waals surface area contributed by atoms with Crippen molar-refractivity contribution >= 4 is 11.8 Å². The van der Waals surface area contributed by atoms with Crippen molar-refractivity contribution < 1.29 is 19.1 Å². The van der Waals surface area contributed by atoms with Crippen LogP contribution in [0, 0.1) is 17.3 Å². The van der Waals surface area contributed by atoms with Gasteiger partial charge in [0.15, 0.2) is 5.78 Å². The summed E-state index contributed by atoms with van der Waals surface area (Å²) >= 11 is 0. The average molecular weight is 336 g/mol. The molecule has 4 nitrogen and oxygen atoms in total. The number of Topliss-reactive ketones (excluding diaryl/α,β-unsaturated/α-hetero) is 1. The summed E-state index contributed by atoms with van der Waals surface area (Å²) in [7, 11) is 1.37. The monoisotopic (exact) mass is 336 g/mol. The van der Waals surface area contributed by atoms with Gasteiger partial charge in [0.05, 0.1) is 18.8 Å². The highest BCUT2D eigenvalue weighted by Gasteiger charge is 2.57. The fraction of sp³-hybridized carbons (Fsp3) is 0.800. The highest BCUT2D eigenvalue weighted by molar-refractivity contribution is 6.05. The van der Waals surface area contributed by atoms with Crippen LogP contribution in [0.2, 0.25) is 0 Å². The Balaban J connectivity index is 2.29. The van der Waals surface area contributed by atoms with Crippen LogP contribution in [0.15, 0.2) is 12.7 Å². The third-order valence-electron chi connectivity index (χ3n) is 5.44. The summed E-state index contributed by atoms with van der Waals surface area (Å²) in [6, 6.07) is 0. The van der Waals surface area contributed by atoms with E-state index in [2.05, 4.69) is 6.58 Å². The first-order valence-electron chi connectivity index (χ1n) is 9.16. The van der Waals surface area contributed by atoms with Crippen molar-refractivity contribution in [1.29, 1.82) is 0 Å². The van der Waals surface area contributed by atoms with Crippen LogP contribution in [-0.2, 0) is 19.1 Å². The number of hydrogen-bond donors (Lipinski definition) is 0. The molecule has 1 unspecified atom stereocenters. The van der Waals surface area contributed by atoms with E-state index in [1.165, 1.54) is 13.5 Å². The van der Waals surface area contributed by atoms with E-state index in [1.54, 1.807) is 0 Å². The number of ketones is 1. The van der Waals surface area contributed by atoms with Gasteiger partial charge < -0.3 is 9.47 Å². The van der Waals surface area contributed by atoms with Gasteiger partial charge in [-0.25, -0.2) is 0 Å². The van der Waals surface area contributed by atoms with Gasteiger partial charge in [0, 0.05) is 11.8 Å². The second-order valence-electron chi connectivity index (χ2n) is 8.35. The highest BCUT2D eigenvalue weighted by Crippen LogP contribution is 2.49. The van der Waals surface area contributed by atoms with Gasteiger partial charge in [-0.1, -0.05) is 25.3 Å². The van der Waals surface area contributed by atoms with Gasteiger partial charge >= 0.3 is 5.97 Å². The van der Waals surface area contributed by atoms with E-state index in [4.69, 9.17) is 9.47 Å². The van der Waals surface area contributed by atoms with Crippen LogP contribution >= 0.6 is 0 Å². The minimum atomic E-state index is -1.06. The first-order chi connectivity index (χ1) is 11.2. The number of carbonyl (C=O) groups is 2. The van der Waals surface area contributed by atoms with Crippen molar-refractivity contribution in [2.75, 3.05) is 7.11 Å². The minimum Gasteiger partial charge on any atom is -0.468 e. The molecule has 0 aromatic rings. The lowest BCUT2D eigenvalue weighted by Gasteiger charge is -2.32. The van der Waals surface area contributed by atoms with Crippen LogP contribution in [0.5, 0.6) is 0 Å². The molecular formula is C20H32O4. The van der Waals surface area contributed by atoms with Crippen molar-refractivity contribution in [3.8, 4) is 0 Å². The van der Waals surface area contributed by atoms with E-state index in [9.17, 15) is 9.59 Å². The summed E-state index contributed by atoms with van der Waals surface area (Å²) in [6.45, 7) is 9.88. The Morgan fingerprint density at radius 2 is 1.75 bits per heavy atom. The number of carbonyl (C=O) groups excluding carboxylic acids is 2. The average Bonchev–Trinajstić information content (AvgIpc) is 2.92. The normalized spacial score (nSPS) is 31.7. The molecule has 0 aliphatic heterocycles. The van der Waals surface area contributed by atoms with Crippen molar-refractivity contribution in [1.82, 2.24) is 0 Å². The number of ether oxygens (including phenoxy) is 2. The molecule has 0 bridgehead atoms. The van der Waals surface area contributed by atoms with Crippen LogP contribution in [0.4, 0.5) is 0 Å². The summed E-state index contributed by atoms with van der Waals surface area (Å²) in [5, 5.41) is 0. The van der Waals surface area contributed by atoms with Crippen LogP contribution < -0.4 is 0 Å². The van der Waals surface area contributed by atoms with Crippen molar-refractivity contribution in [3.05, 3.63) is 12.7 Å². The minimum absolute atomic E-state index is 0.00383. The lowest BCUT2D eigenvalue weighted by Crippen LogP contribution is -2.43. The Kier molecular flexibility index (Phi) is 5.90. The topological polar surface area (TPSA) is 52.6 Å². The molecule has 0 N–H and O–H groups in total. The molecule has 2 saturated carbocycles. The molecule has 0 amide bonds. The molecule has 0 heterocycles. The zero-order chi connectivity index (χ0) is 18.0. The van der Waals surface area contributed by atoms with Crippen LogP contribution in [-0.4, -0.2) is 30.6 Å². The quantitative estimate of drug-likeness (QED) is 0.431. The molecule has 0 spiro atoms. The van der Waals surface area contributed by atoms with E-state index in [1.807, 2.05) is 26.8 Å². The zero-order valence-corrected chi connectivity index (χ0v) is 15.6. The second-order valence-corrected chi connectivity index (χ2v) is 8.35. The van der Waals surface area contributed by atoms with Crippen LogP contribution in [0.25, 0.3) is 0 Å². The van der Waals surface area contributed by atoms with Crippen molar-refractivity contribution in [2.45, 2.75) is 77.4 Å². The maximum atomic E-state index is 13.3. The fourth-order valence-electron chi connectivity index (χ4n) is 4.35. The maximum Gasteiger partial charge on any atom is 0.319 e. The van der Waals surface area contributed by atoms with E-state index < -0.39 is 11.4 Å². The molecule has 0 aromatic heterocycles. The molecular weight excluding hydrogens is 304 g/mol. The SMILES string of the molecule is C=C[C@H]1CC(C(=O)OC)(C(=O)C2CCCCC2)C[C@@H]1OC(C)(C)C. The predicted octanol–water partition coefficient (Wildman–Crippen LogP) is 4.07. The molecule has 2 rings (SSSR count). The predicted molar refractivity (Wildman–Crippen MR) is 93.6 cm³/mol. The van der Waals surface area contributed by atoms with Gasteiger partial charge in [-0.15, -0.1) is 6.58 Å². The summed E-state index contributed by atoms with van der Waals surface area (Å²) in [4.78, 5) is 26.0. The van der Waals surface area contributed by atoms with E-state index in [0.717, 1.165) is 25.7 Å². The number of esters is 1. The zero-order valence-electron chi connectivity index (χ0n) is 15.6. The number of rotatable bonds is 5. The summed E-state index contributed by atoms with van der Waals surface area (Å²) in [5.74, 6) is -0.349. The van der Waals surface area contributed by atoms with Crippen molar-refractivity contribution in [2.24, 2.45) is 17.3 Å². The largest absolute Gasteiger partial charge is 0.468 e. The van der Waals surface area contributed by atoms with Crippen LogP contribution in [0.1, 0.15) is 65.7 Å². The van der Waals surface area contributed by atoms with E-state index in [-0.39, 0.29) is 29.3 Å². The first kappa shape index (κ1) is 19.2. The summed E-state index contributed by atoms with van der Waals surface area (Å²) < 4.78 is 11.2. The molecule has 3 atom stereocenters. The summed E-state index contributed by atoms with van der Waals surface area (Å²) in [5.41, 5.74) is -1.39. The van der Waals surface area contributed by atoms with E-state index in [0.29, 0.717) is 12.8 Å². The highest BCUT2D eigenvalue weighted by atomic mass is 16.5. The van der Waals surface area contributed by atoms with Gasteiger partial charge in [0.1, 0.15) is 5.41 Å². The Labute approximate surface area is 146 Å². The molecule has 0 radical (unpaired) electrons. The van der Waals surface area contributed by atoms with Gasteiger partial charge in [-0.3, -0.25) is 9.59 Å². The molecule has 24 heavy (non-hydrogen) atoms. The molecule has 136 valence electrons. The third-order valence-corrected chi connectivity index (χ3v) is 5.44. The van der Waals surface area contributed by atoms with Gasteiger partial charge in [0.25, 0.3) is 0 Å².